The van der Waals surface area contributed by atoms with Crippen LogP contribution in [0.4, 0.5) is 17.5 Å². The number of ether oxygens (including phenoxy) is 3. The number of rotatable bonds is 14. The van der Waals surface area contributed by atoms with E-state index in [-0.39, 0.29) is 18.2 Å². The fraction of sp³-hybridized carbons (Fsp3) is 0.571. The van der Waals surface area contributed by atoms with Crippen LogP contribution in [0.3, 0.4) is 0 Å². The highest BCUT2D eigenvalue weighted by Crippen LogP contribution is 2.20. The van der Waals surface area contributed by atoms with Crippen LogP contribution in [0.5, 0.6) is 0 Å². The van der Waals surface area contributed by atoms with Crippen molar-refractivity contribution in [3.05, 3.63) is 71.7 Å². The zero-order valence-corrected chi connectivity index (χ0v) is 34.6. The van der Waals surface area contributed by atoms with Gasteiger partial charge in [0.1, 0.15) is 17.5 Å². The van der Waals surface area contributed by atoms with Gasteiger partial charge in [-0.15, -0.1) is 0 Å². The molecule has 0 amide bonds. The highest BCUT2D eigenvalue weighted by molar-refractivity contribution is 7.88. The molecule has 0 spiro atoms. The molecule has 0 bridgehead atoms. The molecule has 0 aromatic carbocycles. The van der Waals surface area contributed by atoms with Crippen LogP contribution in [0.25, 0.3) is 0 Å². The molecule has 0 aliphatic carbocycles. The summed E-state index contributed by atoms with van der Waals surface area (Å²) < 4.78 is 91.4. The summed E-state index contributed by atoms with van der Waals surface area (Å²) in [7, 11) is -9.80. The van der Waals surface area contributed by atoms with Crippen molar-refractivity contribution in [3.8, 4) is 0 Å². The zero-order valence-electron chi connectivity index (χ0n) is 32.1. The Balaban J connectivity index is 0.000000187. The van der Waals surface area contributed by atoms with Gasteiger partial charge in [-0.25, -0.2) is 40.2 Å². The number of sulfonamides is 3. The monoisotopic (exact) mass is 841 g/mol. The minimum absolute atomic E-state index is 0.00327. The normalized spacial score (nSPS) is 20.1. The van der Waals surface area contributed by atoms with Gasteiger partial charge in [-0.1, -0.05) is 18.2 Å². The van der Waals surface area contributed by atoms with Crippen molar-refractivity contribution in [3.63, 3.8) is 0 Å². The second-order valence-electron chi connectivity index (χ2n) is 14.0. The first-order chi connectivity index (χ1) is 26.4. The van der Waals surface area contributed by atoms with E-state index >= 15 is 0 Å². The minimum atomic E-state index is -3.27. The van der Waals surface area contributed by atoms with Crippen LogP contribution < -0.4 is 17.2 Å². The van der Waals surface area contributed by atoms with Gasteiger partial charge in [-0.05, 0) is 67.0 Å². The lowest BCUT2D eigenvalue weighted by atomic mass is 10.2. The summed E-state index contributed by atoms with van der Waals surface area (Å²) in [6.45, 7) is 4.17. The lowest BCUT2D eigenvalue weighted by Crippen LogP contribution is -2.39. The molecule has 3 aliphatic rings. The van der Waals surface area contributed by atoms with E-state index in [1.54, 1.807) is 55.0 Å². The maximum Gasteiger partial charge on any atom is 0.211 e. The lowest BCUT2D eigenvalue weighted by Gasteiger charge is -2.25. The van der Waals surface area contributed by atoms with Gasteiger partial charge in [0.15, 0.2) is 0 Å². The maximum atomic E-state index is 11.8. The summed E-state index contributed by atoms with van der Waals surface area (Å²) >= 11 is 0. The second-order valence-corrected chi connectivity index (χ2v) is 19.9. The van der Waals surface area contributed by atoms with E-state index in [1.165, 1.54) is 31.7 Å². The first kappa shape index (κ1) is 45.2. The Morgan fingerprint density at radius 3 is 1.29 bits per heavy atom. The summed E-state index contributed by atoms with van der Waals surface area (Å²) in [5, 5.41) is 0. The van der Waals surface area contributed by atoms with Gasteiger partial charge in [0.25, 0.3) is 0 Å². The molecule has 3 atom stereocenters. The van der Waals surface area contributed by atoms with Gasteiger partial charge in [0.05, 0.1) is 43.6 Å². The van der Waals surface area contributed by atoms with Crippen molar-refractivity contribution < 1.29 is 39.5 Å². The van der Waals surface area contributed by atoms with E-state index in [1.807, 2.05) is 0 Å². The van der Waals surface area contributed by atoms with Crippen LogP contribution in [0, 0.1) is 0 Å². The van der Waals surface area contributed by atoms with Gasteiger partial charge >= 0.3 is 0 Å². The molecule has 3 saturated heterocycles. The van der Waals surface area contributed by atoms with Crippen molar-refractivity contribution in [2.75, 3.05) is 75.5 Å². The Morgan fingerprint density at radius 1 is 0.589 bits per heavy atom. The molecule has 3 aromatic rings. The predicted octanol–water partition coefficient (Wildman–Crippen LogP) is 1.42. The molecule has 56 heavy (non-hydrogen) atoms. The second kappa shape index (κ2) is 20.8. The van der Waals surface area contributed by atoms with E-state index in [9.17, 15) is 25.3 Å². The highest BCUT2D eigenvalue weighted by atomic mass is 32.2. The molecule has 3 aliphatic heterocycles. The lowest BCUT2D eigenvalue weighted by molar-refractivity contribution is 0.0927. The Kier molecular flexibility index (Phi) is 16.7. The first-order valence-corrected chi connectivity index (χ1v) is 23.7. The molecule has 6 heterocycles. The molecule has 312 valence electrons. The number of pyridine rings is 3. The number of nitrogens with zero attached hydrogens (tertiary/aromatic N) is 6. The van der Waals surface area contributed by atoms with E-state index in [0.29, 0.717) is 76.6 Å². The zero-order chi connectivity index (χ0) is 40.9. The molecular formula is C35H55N9O9S3. The Hall–Kier alpha value is -3.54. The Bertz CT molecular complexity index is 1880. The molecule has 6 N–H and O–H groups in total. The molecule has 0 saturated carbocycles. The van der Waals surface area contributed by atoms with Gasteiger partial charge < -0.3 is 31.4 Å². The summed E-state index contributed by atoms with van der Waals surface area (Å²) in [4.78, 5) is 11.9. The van der Waals surface area contributed by atoms with Crippen molar-refractivity contribution in [2.45, 2.75) is 70.0 Å². The number of nitrogens with two attached hydrogens (primary N) is 3. The summed E-state index contributed by atoms with van der Waals surface area (Å²) in [6.07, 6.45) is 13.0. The third-order valence-electron chi connectivity index (χ3n) is 9.14. The average molecular weight is 842 g/mol. The SMILES string of the molecule is CS(=O)(=O)N(Cc1ccc(N)nc1)C1CCOC1.CS(=O)(=O)N(Cc1ccc(N)nc1)C[C@@H]1CCCO1.CS(=O)(=O)N(Cc1ccc(N)nc1)C[C@H]1CCCO1. The molecule has 0 radical (unpaired) electrons. The largest absolute Gasteiger partial charge is 0.384 e. The van der Waals surface area contributed by atoms with Crippen LogP contribution in [0.1, 0.15) is 48.8 Å². The number of nitrogen functional groups attached to an aromatic ring is 3. The van der Waals surface area contributed by atoms with E-state index in [2.05, 4.69) is 15.0 Å². The van der Waals surface area contributed by atoms with Crippen molar-refractivity contribution in [2.24, 2.45) is 0 Å². The van der Waals surface area contributed by atoms with Crippen LogP contribution in [0.2, 0.25) is 0 Å². The fourth-order valence-electron chi connectivity index (χ4n) is 6.11. The van der Waals surface area contributed by atoms with Crippen molar-refractivity contribution in [1.82, 2.24) is 27.9 Å². The molecule has 1 unspecified atom stereocenters. The van der Waals surface area contributed by atoms with Gasteiger partial charge in [-0.3, -0.25) is 0 Å². The van der Waals surface area contributed by atoms with Crippen LogP contribution in [-0.2, 0) is 63.9 Å². The minimum Gasteiger partial charge on any atom is -0.384 e. The third kappa shape index (κ3) is 15.4. The maximum absolute atomic E-state index is 11.8. The predicted molar refractivity (Wildman–Crippen MR) is 214 cm³/mol. The van der Waals surface area contributed by atoms with Crippen molar-refractivity contribution >= 4 is 47.5 Å². The van der Waals surface area contributed by atoms with Gasteiger partial charge in [-0.2, -0.15) is 12.9 Å². The summed E-state index contributed by atoms with van der Waals surface area (Å²) in [5.74, 6) is 1.27. The Morgan fingerprint density at radius 2 is 1.00 bits per heavy atom. The molecule has 3 fully saturated rings. The first-order valence-electron chi connectivity index (χ1n) is 18.2. The Labute approximate surface area is 330 Å². The van der Waals surface area contributed by atoms with Gasteiger partial charge in [0, 0.05) is 71.1 Å². The van der Waals surface area contributed by atoms with Crippen LogP contribution in [0.15, 0.2) is 55.0 Å². The number of aromatic nitrogens is 3. The number of hydrogen-bond donors (Lipinski definition) is 3. The van der Waals surface area contributed by atoms with Crippen LogP contribution >= 0.6 is 0 Å². The summed E-state index contributed by atoms with van der Waals surface area (Å²) in [6, 6.07) is 10.3. The topological polar surface area (TPSA) is 257 Å². The van der Waals surface area contributed by atoms with E-state index in [0.717, 1.165) is 48.8 Å². The summed E-state index contributed by atoms with van der Waals surface area (Å²) in [5.41, 5.74) is 19.0. The number of hydrogen-bond acceptors (Lipinski definition) is 15. The quantitative estimate of drug-likeness (QED) is 0.208. The highest BCUT2D eigenvalue weighted by Gasteiger charge is 2.30. The average Bonchev–Trinajstić information content (AvgIpc) is 3.94. The molecule has 3 aromatic heterocycles. The molecule has 6 rings (SSSR count). The molecule has 21 heteroatoms. The standard InChI is InChI=1S/2C12H19N3O3S.C11H17N3O3S/c2*1-19(16,17)15(9-11-3-2-6-18-11)8-10-4-5-12(13)14-7-10;1-18(15,16)14(10-4-5-17-8-10)7-9-2-3-11(12)13-6-9/h2*4-5,7,11H,2-3,6,8-9H2,1H3,(H2,13,14);2-3,6,10H,4-5,7-8H2,1H3,(H2,12,13)/t2*11-;/m10./s1. The van der Waals surface area contributed by atoms with E-state index in [4.69, 9.17) is 31.4 Å². The van der Waals surface area contributed by atoms with E-state index < -0.39 is 30.1 Å². The number of anilines is 3. The smallest absolute Gasteiger partial charge is 0.211 e. The van der Waals surface area contributed by atoms with Gasteiger partial charge in [0.2, 0.25) is 30.1 Å². The van der Waals surface area contributed by atoms with Crippen LogP contribution in [-0.4, -0.2) is 130 Å². The molecule has 18 nitrogen and oxygen atoms in total. The van der Waals surface area contributed by atoms with Crippen molar-refractivity contribution in [1.29, 1.82) is 0 Å². The third-order valence-corrected chi connectivity index (χ3v) is 12.9. The fourth-order valence-corrected chi connectivity index (χ4v) is 8.84. The molecular weight excluding hydrogens is 787 g/mol.